The molecular formula is C15H23N3O4. The van der Waals surface area contributed by atoms with E-state index in [0.29, 0.717) is 31.7 Å². The van der Waals surface area contributed by atoms with Gasteiger partial charge in [0, 0.05) is 32.8 Å². The number of piperidine rings is 1. The summed E-state index contributed by atoms with van der Waals surface area (Å²) in [4.78, 5) is 38.9. The van der Waals surface area contributed by atoms with E-state index in [1.165, 1.54) is 17.9 Å². The fraction of sp³-hybridized carbons (Fsp3) is 0.667. The highest BCUT2D eigenvalue weighted by Gasteiger charge is 2.15. The molecule has 7 nitrogen and oxygen atoms in total. The van der Waals surface area contributed by atoms with Crippen LogP contribution in [0.4, 0.5) is 5.69 Å². The van der Waals surface area contributed by atoms with Crippen molar-refractivity contribution in [2.75, 3.05) is 24.6 Å². The van der Waals surface area contributed by atoms with Crippen LogP contribution in [0.5, 0.6) is 0 Å². The summed E-state index contributed by atoms with van der Waals surface area (Å²) in [6.07, 6.45) is 6.37. The van der Waals surface area contributed by atoms with Gasteiger partial charge < -0.3 is 9.64 Å². The van der Waals surface area contributed by atoms with Crippen LogP contribution in [-0.4, -0.2) is 35.2 Å². The lowest BCUT2D eigenvalue weighted by atomic mass is 10.1. The Morgan fingerprint density at radius 3 is 2.64 bits per heavy atom. The van der Waals surface area contributed by atoms with Gasteiger partial charge in [0.15, 0.2) is 0 Å². The number of hydrogen-bond donors (Lipinski definition) is 1. The summed E-state index contributed by atoms with van der Waals surface area (Å²) in [5.41, 5.74) is -0.138. The Kier molecular flexibility index (Phi) is 5.80. The van der Waals surface area contributed by atoms with Crippen LogP contribution in [0.3, 0.4) is 0 Å². The van der Waals surface area contributed by atoms with Crippen molar-refractivity contribution in [2.24, 2.45) is 0 Å². The molecule has 122 valence electrons. The van der Waals surface area contributed by atoms with E-state index in [1.54, 1.807) is 6.20 Å². The van der Waals surface area contributed by atoms with Gasteiger partial charge >= 0.3 is 11.7 Å². The van der Waals surface area contributed by atoms with Crippen molar-refractivity contribution >= 4 is 11.7 Å². The summed E-state index contributed by atoms with van der Waals surface area (Å²) in [5, 5.41) is 0. The van der Waals surface area contributed by atoms with Crippen molar-refractivity contribution in [1.82, 2.24) is 9.55 Å². The average molecular weight is 309 g/mol. The first-order valence-corrected chi connectivity index (χ1v) is 7.80. The van der Waals surface area contributed by atoms with E-state index in [0.717, 1.165) is 25.9 Å². The van der Waals surface area contributed by atoms with Gasteiger partial charge in [-0.15, -0.1) is 0 Å². The molecule has 0 aliphatic carbocycles. The van der Waals surface area contributed by atoms with Crippen LogP contribution in [0.25, 0.3) is 0 Å². The Hall–Kier alpha value is -2.05. The number of nitrogens with zero attached hydrogens (tertiary/aromatic N) is 2. The number of ether oxygens (including phenoxy) is 1. The van der Waals surface area contributed by atoms with E-state index in [2.05, 4.69) is 4.98 Å². The van der Waals surface area contributed by atoms with Gasteiger partial charge in [0.2, 0.25) is 0 Å². The lowest BCUT2D eigenvalue weighted by molar-refractivity contribution is -0.141. The summed E-state index contributed by atoms with van der Waals surface area (Å²) in [5.74, 6) is -0.298. The van der Waals surface area contributed by atoms with Crippen LogP contribution in [0.15, 0.2) is 15.8 Å². The van der Waals surface area contributed by atoms with Gasteiger partial charge in [-0.3, -0.25) is 19.1 Å². The molecule has 0 bridgehead atoms. The largest absolute Gasteiger partial charge is 0.466 e. The van der Waals surface area contributed by atoms with E-state index in [1.807, 2.05) is 4.90 Å². The van der Waals surface area contributed by atoms with Crippen molar-refractivity contribution in [3.05, 3.63) is 27.0 Å². The highest BCUT2D eigenvalue weighted by molar-refractivity contribution is 5.65. The maximum absolute atomic E-state index is 12.0. The molecule has 0 unspecified atom stereocenters. The summed E-state index contributed by atoms with van der Waals surface area (Å²) in [7, 11) is 0. The molecule has 0 atom stereocenters. The molecule has 2 heterocycles. The third-order valence-corrected chi connectivity index (χ3v) is 3.79. The zero-order valence-corrected chi connectivity index (χ0v) is 13.0. The maximum atomic E-state index is 12.0. The molecular weight excluding hydrogens is 286 g/mol. The topological polar surface area (TPSA) is 84.4 Å². The maximum Gasteiger partial charge on any atom is 0.328 e. The molecule has 1 aliphatic heterocycles. The summed E-state index contributed by atoms with van der Waals surface area (Å²) in [6.45, 7) is 3.93. The number of nitrogens with one attached hydrogen (secondary N) is 1. The number of aromatic nitrogens is 2. The molecule has 7 heteroatoms. The number of aryl methyl sites for hydroxylation is 1. The predicted molar refractivity (Wildman–Crippen MR) is 83.3 cm³/mol. The number of rotatable bonds is 6. The minimum absolute atomic E-state index is 0.298. The third kappa shape index (κ3) is 4.47. The number of hydrogen-bond acceptors (Lipinski definition) is 5. The molecule has 0 amide bonds. The Balaban J connectivity index is 2.00. The van der Waals surface area contributed by atoms with Crippen LogP contribution >= 0.6 is 0 Å². The van der Waals surface area contributed by atoms with Crippen molar-refractivity contribution in [2.45, 2.75) is 45.6 Å². The molecule has 22 heavy (non-hydrogen) atoms. The Bertz CT molecular complexity index is 614. The second-order valence-electron chi connectivity index (χ2n) is 5.56. The molecule has 1 fully saturated rings. The van der Waals surface area contributed by atoms with E-state index in [-0.39, 0.29) is 11.5 Å². The van der Waals surface area contributed by atoms with Crippen molar-refractivity contribution in [3.8, 4) is 0 Å². The lowest BCUT2D eigenvalue weighted by Gasteiger charge is -2.28. The molecule has 0 aromatic carbocycles. The second kappa shape index (κ2) is 7.82. The Morgan fingerprint density at radius 2 is 1.95 bits per heavy atom. The third-order valence-electron chi connectivity index (χ3n) is 3.79. The van der Waals surface area contributed by atoms with Crippen LogP contribution < -0.4 is 16.1 Å². The molecule has 1 N–H and O–H groups in total. The minimum Gasteiger partial charge on any atom is -0.466 e. The quantitative estimate of drug-likeness (QED) is 0.622. The number of aromatic amines is 1. The average Bonchev–Trinajstić information content (AvgIpc) is 2.49. The van der Waals surface area contributed by atoms with Gasteiger partial charge in [0.1, 0.15) is 5.69 Å². The van der Waals surface area contributed by atoms with Gasteiger partial charge in [-0.25, -0.2) is 4.79 Å². The van der Waals surface area contributed by atoms with Gasteiger partial charge in [-0.2, -0.15) is 0 Å². The molecule has 1 aromatic heterocycles. The van der Waals surface area contributed by atoms with Crippen molar-refractivity contribution < 1.29 is 9.53 Å². The highest BCUT2D eigenvalue weighted by atomic mass is 16.5. The van der Waals surface area contributed by atoms with Crippen molar-refractivity contribution in [1.29, 1.82) is 0 Å². The lowest BCUT2D eigenvalue weighted by Crippen LogP contribution is -2.38. The van der Waals surface area contributed by atoms with Gasteiger partial charge in [-0.1, -0.05) is 0 Å². The number of esters is 1. The number of carbonyl (C=O) groups excluding carboxylic acids is 1. The Morgan fingerprint density at radius 1 is 1.23 bits per heavy atom. The molecule has 0 radical (unpaired) electrons. The smallest absolute Gasteiger partial charge is 0.328 e. The van der Waals surface area contributed by atoms with E-state index in [9.17, 15) is 14.4 Å². The normalized spacial score (nSPS) is 14.9. The summed E-state index contributed by atoms with van der Waals surface area (Å²) < 4.78 is 6.38. The second-order valence-corrected chi connectivity index (χ2v) is 5.56. The van der Waals surface area contributed by atoms with Crippen LogP contribution in [-0.2, 0) is 16.1 Å². The molecule has 0 spiro atoms. The highest BCUT2D eigenvalue weighted by Crippen LogP contribution is 2.14. The summed E-state index contributed by atoms with van der Waals surface area (Å²) >= 11 is 0. The van der Waals surface area contributed by atoms with Gasteiger partial charge in [0.05, 0.1) is 6.61 Å². The first-order chi connectivity index (χ1) is 10.6. The molecule has 0 saturated carbocycles. The first kappa shape index (κ1) is 16.3. The zero-order valence-electron chi connectivity index (χ0n) is 13.0. The standard InChI is InChI=1S/C15H23N3O4/c1-12(19)22-10-6-5-9-18-11-13(14(20)16-15(18)21)17-7-3-2-4-8-17/h11H,2-10H2,1H3,(H,16,20,21). The van der Waals surface area contributed by atoms with Gasteiger partial charge in [-0.05, 0) is 32.1 Å². The Labute approximate surface area is 128 Å². The van der Waals surface area contributed by atoms with Crippen LogP contribution in [0.2, 0.25) is 0 Å². The summed E-state index contributed by atoms with van der Waals surface area (Å²) in [6, 6.07) is 0. The SMILES string of the molecule is CC(=O)OCCCCn1cc(N2CCCCC2)c(=O)[nH]c1=O. The fourth-order valence-electron chi connectivity index (χ4n) is 2.62. The molecule has 2 rings (SSSR count). The molecule has 1 aliphatic rings. The van der Waals surface area contributed by atoms with E-state index >= 15 is 0 Å². The zero-order chi connectivity index (χ0) is 15.9. The van der Waals surface area contributed by atoms with Crippen LogP contribution in [0, 0.1) is 0 Å². The van der Waals surface area contributed by atoms with Crippen molar-refractivity contribution in [3.63, 3.8) is 0 Å². The fourth-order valence-corrected chi connectivity index (χ4v) is 2.62. The van der Waals surface area contributed by atoms with Crippen LogP contribution in [0.1, 0.15) is 39.0 Å². The van der Waals surface area contributed by atoms with E-state index < -0.39 is 5.69 Å². The monoisotopic (exact) mass is 309 g/mol. The number of unbranched alkanes of at least 4 members (excludes halogenated alkanes) is 1. The molecule has 1 aromatic rings. The van der Waals surface area contributed by atoms with Gasteiger partial charge in [0.25, 0.3) is 5.56 Å². The van der Waals surface area contributed by atoms with E-state index in [4.69, 9.17) is 4.74 Å². The minimum atomic E-state index is -0.391. The number of carbonyl (C=O) groups is 1. The predicted octanol–water partition coefficient (Wildman–Crippen LogP) is 0.870. The number of H-pyrrole nitrogens is 1. The molecule has 1 saturated heterocycles. The number of anilines is 1. The first-order valence-electron chi connectivity index (χ1n) is 7.80.